The Labute approximate surface area is 86.5 Å². The molecule has 0 atom stereocenters. The van der Waals surface area contributed by atoms with Gasteiger partial charge in [0.1, 0.15) is 11.9 Å². The van der Waals surface area contributed by atoms with Gasteiger partial charge in [-0.2, -0.15) is 5.26 Å². The summed E-state index contributed by atoms with van der Waals surface area (Å²) >= 11 is 0. The van der Waals surface area contributed by atoms with E-state index in [9.17, 15) is 9.18 Å². The number of benzene rings is 1. The van der Waals surface area contributed by atoms with Crippen LogP contribution in [0.2, 0.25) is 0 Å². The lowest BCUT2D eigenvalue weighted by atomic mass is 10.1. The van der Waals surface area contributed by atoms with Crippen LogP contribution in [0.1, 0.15) is 11.1 Å². The lowest BCUT2D eigenvalue weighted by Gasteiger charge is -2.04. The molecule has 0 aliphatic heterocycles. The van der Waals surface area contributed by atoms with Crippen LogP contribution in [0.25, 0.3) is 0 Å². The molecule has 0 aromatic heterocycles. The summed E-state index contributed by atoms with van der Waals surface area (Å²) in [6.07, 6.45) is 0. The largest absolute Gasteiger partial charge is 0.369 e. The van der Waals surface area contributed by atoms with Gasteiger partial charge in [0.15, 0.2) is 0 Å². The molecule has 3 N–H and O–H groups in total. The third kappa shape index (κ3) is 3.04. The maximum atomic E-state index is 13.4. The van der Waals surface area contributed by atoms with E-state index >= 15 is 0 Å². The number of rotatable bonds is 4. The van der Waals surface area contributed by atoms with Gasteiger partial charge in [0.05, 0.1) is 12.1 Å². The smallest absolute Gasteiger partial charge is 0.231 e. The van der Waals surface area contributed by atoms with E-state index in [1.165, 1.54) is 6.07 Å². The molecular weight excluding hydrogens is 197 g/mol. The average molecular weight is 207 g/mol. The van der Waals surface area contributed by atoms with E-state index in [1.54, 1.807) is 18.2 Å². The minimum Gasteiger partial charge on any atom is -0.369 e. The zero-order valence-corrected chi connectivity index (χ0v) is 7.96. The number of carbonyl (C=O) groups excluding carboxylic acids is 1. The topological polar surface area (TPSA) is 78.9 Å². The number of nitriles is 1. The summed E-state index contributed by atoms with van der Waals surface area (Å²) < 4.78 is 13.4. The van der Waals surface area contributed by atoms with Crippen LogP contribution < -0.4 is 11.1 Å². The van der Waals surface area contributed by atoms with E-state index in [-0.39, 0.29) is 18.7 Å². The summed E-state index contributed by atoms with van der Waals surface area (Å²) in [5, 5.41) is 11.2. The molecule has 0 saturated carbocycles. The third-order valence-corrected chi connectivity index (χ3v) is 1.81. The van der Waals surface area contributed by atoms with E-state index < -0.39 is 11.7 Å². The molecule has 0 bridgehead atoms. The summed E-state index contributed by atoms with van der Waals surface area (Å²) in [5.41, 5.74) is 5.24. The van der Waals surface area contributed by atoms with Crippen molar-refractivity contribution in [3.05, 3.63) is 35.1 Å². The molecule has 4 nitrogen and oxygen atoms in total. The molecule has 0 aliphatic rings. The van der Waals surface area contributed by atoms with Gasteiger partial charge >= 0.3 is 0 Å². The third-order valence-electron chi connectivity index (χ3n) is 1.81. The molecule has 1 aromatic carbocycles. The number of primary amides is 1. The van der Waals surface area contributed by atoms with Crippen molar-refractivity contribution in [3.63, 3.8) is 0 Å². The highest BCUT2D eigenvalue weighted by molar-refractivity contribution is 5.75. The zero-order valence-electron chi connectivity index (χ0n) is 7.96. The van der Waals surface area contributed by atoms with E-state index in [1.807, 2.05) is 0 Å². The monoisotopic (exact) mass is 207 g/mol. The fourth-order valence-electron chi connectivity index (χ4n) is 1.12. The van der Waals surface area contributed by atoms with Crippen LogP contribution in [0.3, 0.4) is 0 Å². The van der Waals surface area contributed by atoms with Crippen molar-refractivity contribution in [2.24, 2.45) is 5.73 Å². The van der Waals surface area contributed by atoms with Crippen LogP contribution in [-0.2, 0) is 11.3 Å². The Hall–Kier alpha value is -1.93. The van der Waals surface area contributed by atoms with Crippen LogP contribution in [-0.4, -0.2) is 12.5 Å². The van der Waals surface area contributed by atoms with Crippen molar-refractivity contribution in [1.82, 2.24) is 5.32 Å². The maximum absolute atomic E-state index is 13.4. The van der Waals surface area contributed by atoms with Crippen LogP contribution >= 0.6 is 0 Å². The number of hydrogen-bond donors (Lipinski definition) is 2. The predicted molar refractivity (Wildman–Crippen MR) is 52.0 cm³/mol. The minimum absolute atomic E-state index is 0.00613. The maximum Gasteiger partial charge on any atom is 0.231 e. The van der Waals surface area contributed by atoms with Gasteiger partial charge in [-0.3, -0.25) is 4.79 Å². The van der Waals surface area contributed by atoms with Crippen LogP contribution in [0.4, 0.5) is 4.39 Å². The molecule has 0 saturated heterocycles. The Morgan fingerprint density at radius 3 is 2.93 bits per heavy atom. The second-order valence-corrected chi connectivity index (χ2v) is 2.96. The lowest BCUT2D eigenvalue weighted by Crippen LogP contribution is -2.28. The standard InChI is InChI=1S/C10H10FN3O/c11-10-7(4-12)2-1-3-8(10)5-14-6-9(13)15/h1-3,14H,5-6H2,(H2,13,15). The highest BCUT2D eigenvalue weighted by Gasteiger charge is 2.06. The molecule has 0 heterocycles. The number of halogens is 1. The van der Waals surface area contributed by atoms with Gasteiger partial charge in [-0.25, -0.2) is 4.39 Å². The SMILES string of the molecule is N#Cc1cccc(CNCC(N)=O)c1F. The predicted octanol–water partition coefficient (Wildman–Crippen LogP) is 0.272. The second-order valence-electron chi connectivity index (χ2n) is 2.96. The first kappa shape index (κ1) is 11.1. The van der Waals surface area contributed by atoms with Crippen molar-refractivity contribution in [1.29, 1.82) is 5.26 Å². The van der Waals surface area contributed by atoms with E-state index in [0.29, 0.717) is 5.56 Å². The molecule has 1 aromatic rings. The number of carbonyl (C=O) groups is 1. The Balaban J connectivity index is 2.70. The molecule has 0 radical (unpaired) electrons. The van der Waals surface area contributed by atoms with Gasteiger partial charge in [-0.05, 0) is 6.07 Å². The zero-order chi connectivity index (χ0) is 11.3. The molecule has 1 amide bonds. The van der Waals surface area contributed by atoms with Gasteiger partial charge in [0, 0.05) is 12.1 Å². The van der Waals surface area contributed by atoms with Gasteiger partial charge in [0.2, 0.25) is 5.91 Å². The first-order valence-corrected chi connectivity index (χ1v) is 4.31. The van der Waals surface area contributed by atoms with Crippen molar-refractivity contribution < 1.29 is 9.18 Å². The van der Waals surface area contributed by atoms with Crippen LogP contribution in [0, 0.1) is 17.1 Å². The molecule has 0 spiro atoms. The molecule has 0 aliphatic carbocycles. The van der Waals surface area contributed by atoms with E-state index in [2.05, 4.69) is 5.32 Å². The van der Waals surface area contributed by atoms with Gasteiger partial charge < -0.3 is 11.1 Å². The number of amides is 1. The van der Waals surface area contributed by atoms with Crippen molar-refractivity contribution >= 4 is 5.91 Å². The highest BCUT2D eigenvalue weighted by Crippen LogP contribution is 2.11. The summed E-state index contributed by atoms with van der Waals surface area (Å²) in [5.74, 6) is -1.07. The molecule has 0 unspecified atom stereocenters. The molecule has 0 fully saturated rings. The van der Waals surface area contributed by atoms with Crippen molar-refractivity contribution in [3.8, 4) is 6.07 Å². The first-order valence-electron chi connectivity index (χ1n) is 4.31. The first-order chi connectivity index (χ1) is 7.15. The normalized spacial score (nSPS) is 9.60. The molecule has 5 heteroatoms. The molecule has 1 rings (SSSR count). The van der Waals surface area contributed by atoms with Gasteiger partial charge in [0.25, 0.3) is 0 Å². The molecule has 78 valence electrons. The summed E-state index contributed by atoms with van der Waals surface area (Å²) in [6, 6.07) is 6.27. The summed E-state index contributed by atoms with van der Waals surface area (Å²) in [4.78, 5) is 10.4. The lowest BCUT2D eigenvalue weighted by molar-refractivity contribution is -0.117. The summed E-state index contributed by atoms with van der Waals surface area (Å²) in [7, 11) is 0. The number of nitrogens with zero attached hydrogens (tertiary/aromatic N) is 1. The second kappa shape index (κ2) is 5.08. The van der Waals surface area contributed by atoms with Gasteiger partial charge in [-0.1, -0.05) is 12.1 Å². The Bertz CT molecular complexity index is 412. The fraction of sp³-hybridized carbons (Fsp3) is 0.200. The highest BCUT2D eigenvalue weighted by atomic mass is 19.1. The van der Waals surface area contributed by atoms with Crippen LogP contribution in [0.5, 0.6) is 0 Å². The quantitative estimate of drug-likeness (QED) is 0.743. The number of hydrogen-bond acceptors (Lipinski definition) is 3. The van der Waals surface area contributed by atoms with E-state index in [4.69, 9.17) is 11.0 Å². The van der Waals surface area contributed by atoms with Crippen molar-refractivity contribution in [2.45, 2.75) is 6.54 Å². The van der Waals surface area contributed by atoms with Gasteiger partial charge in [-0.15, -0.1) is 0 Å². The van der Waals surface area contributed by atoms with E-state index in [0.717, 1.165) is 0 Å². The Kier molecular flexibility index (Phi) is 3.77. The van der Waals surface area contributed by atoms with Crippen molar-refractivity contribution in [2.75, 3.05) is 6.54 Å². The minimum atomic E-state index is -0.558. The number of nitrogens with one attached hydrogen (secondary N) is 1. The van der Waals surface area contributed by atoms with Crippen LogP contribution in [0.15, 0.2) is 18.2 Å². The Morgan fingerprint density at radius 2 is 2.33 bits per heavy atom. The average Bonchev–Trinajstić information content (AvgIpc) is 2.20. The number of nitrogens with two attached hydrogens (primary N) is 1. The fourth-order valence-corrected chi connectivity index (χ4v) is 1.12. The Morgan fingerprint density at radius 1 is 1.60 bits per heavy atom. The molecular formula is C10H10FN3O. The summed E-state index contributed by atoms with van der Waals surface area (Å²) in [6.45, 7) is 0.153. The molecule has 15 heavy (non-hydrogen) atoms.